The monoisotopic (exact) mass is 236 g/mol. The van der Waals surface area contributed by atoms with Crippen molar-refractivity contribution in [3.63, 3.8) is 0 Å². The van der Waals surface area contributed by atoms with Gasteiger partial charge in [-0.25, -0.2) is 0 Å². The van der Waals surface area contributed by atoms with E-state index in [1.807, 2.05) is 32.2 Å². The summed E-state index contributed by atoms with van der Waals surface area (Å²) >= 11 is 0. The lowest BCUT2D eigenvalue weighted by Crippen LogP contribution is -2.50. The van der Waals surface area contributed by atoms with Crippen molar-refractivity contribution in [2.24, 2.45) is 5.41 Å². The summed E-state index contributed by atoms with van der Waals surface area (Å²) in [6.07, 6.45) is 2.63. The fourth-order valence-electron chi connectivity index (χ4n) is 2.12. The van der Waals surface area contributed by atoms with Crippen molar-refractivity contribution < 1.29 is 9.90 Å². The van der Waals surface area contributed by atoms with Crippen LogP contribution < -0.4 is 0 Å². The van der Waals surface area contributed by atoms with Crippen LogP contribution in [0.2, 0.25) is 0 Å². The summed E-state index contributed by atoms with van der Waals surface area (Å²) in [6, 6.07) is 3.79. The van der Waals surface area contributed by atoms with Gasteiger partial charge in [-0.1, -0.05) is 13.8 Å². The maximum absolute atomic E-state index is 12.0. The van der Waals surface area contributed by atoms with Gasteiger partial charge in [0.2, 0.25) is 5.91 Å². The predicted octanol–water partition coefficient (Wildman–Crippen LogP) is 1.18. The Balaban J connectivity index is 1.93. The van der Waals surface area contributed by atoms with Crippen molar-refractivity contribution in [3.05, 3.63) is 24.0 Å². The second kappa shape index (κ2) is 4.53. The normalized spacial score (nSPS) is 23.7. The van der Waals surface area contributed by atoms with Gasteiger partial charge in [-0.3, -0.25) is 4.79 Å². The highest BCUT2D eigenvalue weighted by Crippen LogP contribution is 2.30. The van der Waals surface area contributed by atoms with E-state index >= 15 is 0 Å². The molecule has 2 heterocycles. The number of aromatic amines is 1. The standard InChI is InChI=1S/C13H20N2O2/c1-13(2)5-7-15(9-11(13)16)12(17)8-10-4-3-6-14-10/h3-4,6,11,14,16H,5,7-9H2,1-2H3. The molecule has 1 aliphatic heterocycles. The number of aliphatic hydroxyl groups excluding tert-OH is 1. The zero-order chi connectivity index (χ0) is 12.5. The van der Waals surface area contributed by atoms with Crippen LogP contribution in [0.5, 0.6) is 0 Å². The number of carbonyl (C=O) groups is 1. The largest absolute Gasteiger partial charge is 0.391 e. The summed E-state index contributed by atoms with van der Waals surface area (Å²) < 4.78 is 0. The van der Waals surface area contributed by atoms with Crippen molar-refractivity contribution in [2.45, 2.75) is 32.8 Å². The Labute approximate surface area is 102 Å². The summed E-state index contributed by atoms with van der Waals surface area (Å²) in [5.74, 6) is 0.0852. The minimum atomic E-state index is -0.427. The number of rotatable bonds is 2. The molecule has 0 bridgehead atoms. The fraction of sp³-hybridized carbons (Fsp3) is 0.615. The molecule has 17 heavy (non-hydrogen) atoms. The lowest BCUT2D eigenvalue weighted by Gasteiger charge is -2.41. The zero-order valence-electron chi connectivity index (χ0n) is 10.4. The molecule has 0 radical (unpaired) electrons. The average Bonchev–Trinajstić information content (AvgIpc) is 2.74. The van der Waals surface area contributed by atoms with Gasteiger partial charge in [-0.15, -0.1) is 0 Å². The molecule has 1 fully saturated rings. The maximum atomic E-state index is 12.0. The number of amides is 1. The molecule has 1 aromatic heterocycles. The molecule has 0 spiro atoms. The SMILES string of the molecule is CC1(C)CCN(C(=O)Cc2ccc[nH]2)CC1O. The number of H-pyrrole nitrogens is 1. The molecule has 0 aromatic carbocycles. The van der Waals surface area contributed by atoms with Crippen LogP contribution in [-0.4, -0.2) is 40.1 Å². The second-order valence-electron chi connectivity index (χ2n) is 5.47. The molecule has 1 aliphatic rings. The maximum Gasteiger partial charge on any atom is 0.228 e. The second-order valence-corrected chi connectivity index (χ2v) is 5.47. The number of piperidine rings is 1. The average molecular weight is 236 g/mol. The first-order chi connectivity index (χ1) is 7.99. The number of aliphatic hydroxyl groups is 1. The number of β-amino-alcohol motifs (C(OH)–C–C–N with tert-alkyl or cyclic N) is 1. The molecule has 0 saturated carbocycles. The van der Waals surface area contributed by atoms with Crippen molar-refractivity contribution >= 4 is 5.91 Å². The molecule has 1 atom stereocenters. The minimum Gasteiger partial charge on any atom is -0.391 e. The van der Waals surface area contributed by atoms with E-state index in [1.54, 1.807) is 4.90 Å². The molecule has 1 amide bonds. The molecule has 2 N–H and O–H groups in total. The number of nitrogens with zero attached hydrogens (tertiary/aromatic N) is 1. The van der Waals surface area contributed by atoms with Gasteiger partial charge < -0.3 is 15.0 Å². The number of hydrogen-bond donors (Lipinski definition) is 2. The minimum absolute atomic E-state index is 0.0801. The van der Waals surface area contributed by atoms with Crippen molar-refractivity contribution in [2.75, 3.05) is 13.1 Å². The smallest absolute Gasteiger partial charge is 0.228 e. The molecule has 4 nitrogen and oxygen atoms in total. The van der Waals surface area contributed by atoms with Crippen molar-refractivity contribution in [3.8, 4) is 0 Å². The summed E-state index contributed by atoms with van der Waals surface area (Å²) in [7, 11) is 0. The van der Waals surface area contributed by atoms with Crippen molar-refractivity contribution in [1.82, 2.24) is 9.88 Å². The van der Waals surface area contributed by atoms with Gasteiger partial charge in [0.1, 0.15) is 0 Å². The van der Waals surface area contributed by atoms with E-state index in [9.17, 15) is 9.90 Å². The van der Waals surface area contributed by atoms with Crippen LogP contribution in [0.4, 0.5) is 0 Å². The van der Waals surface area contributed by atoms with Gasteiger partial charge in [0.05, 0.1) is 12.5 Å². The Bertz CT molecular complexity index is 384. The molecular weight excluding hydrogens is 216 g/mol. The highest BCUT2D eigenvalue weighted by molar-refractivity contribution is 5.78. The molecule has 1 unspecified atom stereocenters. The summed E-state index contributed by atoms with van der Waals surface area (Å²) in [5, 5.41) is 9.98. The zero-order valence-corrected chi connectivity index (χ0v) is 10.4. The summed E-state index contributed by atoms with van der Waals surface area (Å²) in [6.45, 7) is 5.28. The molecule has 1 aromatic rings. The third-order valence-corrected chi connectivity index (χ3v) is 3.68. The number of hydrogen-bond acceptors (Lipinski definition) is 2. The predicted molar refractivity (Wildman–Crippen MR) is 65.5 cm³/mol. The van der Waals surface area contributed by atoms with E-state index < -0.39 is 6.10 Å². The molecule has 4 heteroatoms. The molecular formula is C13H20N2O2. The topological polar surface area (TPSA) is 56.3 Å². The fourth-order valence-corrected chi connectivity index (χ4v) is 2.12. The van der Waals surface area contributed by atoms with Crippen LogP contribution in [-0.2, 0) is 11.2 Å². The molecule has 0 aliphatic carbocycles. The Morgan fingerprint density at radius 2 is 2.41 bits per heavy atom. The Morgan fingerprint density at radius 3 is 3.00 bits per heavy atom. The highest BCUT2D eigenvalue weighted by atomic mass is 16.3. The van der Waals surface area contributed by atoms with E-state index in [0.717, 1.165) is 18.7 Å². The van der Waals surface area contributed by atoms with E-state index in [2.05, 4.69) is 4.98 Å². The Kier molecular flexibility index (Phi) is 3.24. The Hall–Kier alpha value is -1.29. The lowest BCUT2D eigenvalue weighted by atomic mass is 9.80. The van der Waals surface area contributed by atoms with Gasteiger partial charge in [-0.2, -0.15) is 0 Å². The third-order valence-electron chi connectivity index (χ3n) is 3.68. The van der Waals surface area contributed by atoms with Gasteiger partial charge in [-0.05, 0) is 24.0 Å². The number of nitrogens with one attached hydrogen (secondary N) is 1. The van der Waals surface area contributed by atoms with Crippen LogP contribution in [0.1, 0.15) is 26.0 Å². The quantitative estimate of drug-likeness (QED) is 0.810. The van der Waals surface area contributed by atoms with E-state index in [4.69, 9.17) is 0 Å². The molecule has 1 saturated heterocycles. The first-order valence-corrected chi connectivity index (χ1v) is 6.07. The highest BCUT2D eigenvalue weighted by Gasteiger charge is 2.35. The Morgan fingerprint density at radius 1 is 1.65 bits per heavy atom. The van der Waals surface area contributed by atoms with Crippen LogP contribution in [0.15, 0.2) is 18.3 Å². The number of aromatic nitrogens is 1. The van der Waals surface area contributed by atoms with Gasteiger partial charge >= 0.3 is 0 Å². The van der Waals surface area contributed by atoms with Crippen LogP contribution in [0.3, 0.4) is 0 Å². The van der Waals surface area contributed by atoms with E-state index in [0.29, 0.717) is 13.0 Å². The van der Waals surface area contributed by atoms with Crippen LogP contribution in [0, 0.1) is 5.41 Å². The third kappa shape index (κ3) is 2.69. The van der Waals surface area contributed by atoms with Gasteiger partial charge in [0.25, 0.3) is 0 Å². The summed E-state index contributed by atoms with van der Waals surface area (Å²) in [5.41, 5.74) is 0.845. The first-order valence-electron chi connectivity index (χ1n) is 6.07. The van der Waals surface area contributed by atoms with Crippen LogP contribution in [0.25, 0.3) is 0 Å². The van der Waals surface area contributed by atoms with E-state index in [1.165, 1.54) is 0 Å². The van der Waals surface area contributed by atoms with E-state index in [-0.39, 0.29) is 11.3 Å². The summed E-state index contributed by atoms with van der Waals surface area (Å²) in [4.78, 5) is 16.8. The van der Waals surface area contributed by atoms with Crippen LogP contribution >= 0.6 is 0 Å². The number of carbonyl (C=O) groups excluding carboxylic acids is 1. The number of likely N-dealkylation sites (tertiary alicyclic amines) is 1. The lowest BCUT2D eigenvalue weighted by molar-refractivity contribution is -0.137. The first kappa shape index (κ1) is 12.2. The van der Waals surface area contributed by atoms with Crippen molar-refractivity contribution in [1.29, 1.82) is 0 Å². The molecule has 2 rings (SSSR count). The van der Waals surface area contributed by atoms with Gasteiger partial charge in [0.15, 0.2) is 0 Å². The van der Waals surface area contributed by atoms with Gasteiger partial charge in [0, 0.05) is 25.0 Å². The molecule has 94 valence electrons.